The van der Waals surface area contributed by atoms with E-state index >= 15 is 0 Å². The summed E-state index contributed by atoms with van der Waals surface area (Å²) in [6.07, 6.45) is 2.37. The Balaban J connectivity index is 0.00000162. The molecule has 4 heteroatoms. The molecule has 1 aliphatic heterocycles. The summed E-state index contributed by atoms with van der Waals surface area (Å²) in [4.78, 5) is 0. The molecule has 2 rings (SSSR count). The van der Waals surface area contributed by atoms with Gasteiger partial charge in [-0.25, -0.2) is 0 Å². The molecule has 1 fully saturated rings. The van der Waals surface area contributed by atoms with Gasteiger partial charge in [-0.3, -0.25) is 0 Å². The van der Waals surface area contributed by atoms with E-state index in [0.29, 0.717) is 5.92 Å². The number of piperidine rings is 1. The van der Waals surface area contributed by atoms with Crippen LogP contribution >= 0.6 is 0 Å². The molecule has 2 radical (unpaired) electrons. The maximum absolute atomic E-state index is 5.97. The molecule has 19 heavy (non-hydrogen) atoms. The molecule has 1 heterocycles. The summed E-state index contributed by atoms with van der Waals surface area (Å²) >= 11 is 0. The maximum Gasteiger partial charge on any atom is 0.122 e. The number of nitrogens with zero attached hydrogens (tertiary/aromatic N) is 1. The first-order valence-corrected chi connectivity index (χ1v) is 6.51. The molecule has 1 aliphatic rings. The van der Waals surface area contributed by atoms with Crippen LogP contribution < -0.4 is 4.74 Å². The van der Waals surface area contributed by atoms with Crippen LogP contribution in [-0.4, -0.2) is 19.7 Å². The summed E-state index contributed by atoms with van der Waals surface area (Å²) in [5, 5.41) is 4.37. The Morgan fingerprint density at radius 3 is 2.32 bits per heavy atom. The molecule has 0 spiro atoms. The fraction of sp³-hybridized carbons (Fsp3) is 0.600. The molecule has 0 aromatic heterocycles. The van der Waals surface area contributed by atoms with E-state index in [1.807, 2.05) is 0 Å². The SMILES string of the molecule is Cc1ccc(OCC2CC[N-]CC2)c(C)c1C.[Y].[Y]. The Labute approximate surface area is 167 Å². The van der Waals surface area contributed by atoms with Gasteiger partial charge in [-0.2, -0.15) is 0 Å². The van der Waals surface area contributed by atoms with E-state index in [1.165, 1.54) is 29.5 Å². The molecular formula is C15H22NOY2-. The fourth-order valence-corrected chi connectivity index (χ4v) is 2.27. The Morgan fingerprint density at radius 1 is 1.05 bits per heavy atom. The summed E-state index contributed by atoms with van der Waals surface area (Å²) in [6.45, 7) is 9.33. The topological polar surface area (TPSA) is 23.3 Å². The van der Waals surface area contributed by atoms with E-state index in [1.54, 1.807) is 0 Å². The van der Waals surface area contributed by atoms with Gasteiger partial charge < -0.3 is 10.1 Å². The second-order valence-electron chi connectivity index (χ2n) is 5.06. The van der Waals surface area contributed by atoms with E-state index in [9.17, 15) is 0 Å². The van der Waals surface area contributed by atoms with Crippen LogP contribution in [0.5, 0.6) is 5.75 Å². The van der Waals surface area contributed by atoms with Crippen LogP contribution in [0.25, 0.3) is 5.32 Å². The third kappa shape index (κ3) is 5.83. The summed E-state index contributed by atoms with van der Waals surface area (Å²) in [6, 6.07) is 4.25. The fourth-order valence-electron chi connectivity index (χ4n) is 2.27. The van der Waals surface area contributed by atoms with E-state index in [2.05, 4.69) is 38.2 Å². The van der Waals surface area contributed by atoms with Crippen molar-refractivity contribution >= 4 is 0 Å². The molecule has 0 atom stereocenters. The molecule has 1 aromatic rings. The smallest absolute Gasteiger partial charge is 0.122 e. The van der Waals surface area contributed by atoms with Crippen molar-refractivity contribution in [3.63, 3.8) is 0 Å². The predicted octanol–water partition coefficient (Wildman–Crippen LogP) is 3.77. The average Bonchev–Trinajstić information content (AvgIpc) is 2.36. The van der Waals surface area contributed by atoms with Crippen molar-refractivity contribution in [1.29, 1.82) is 0 Å². The van der Waals surface area contributed by atoms with Crippen molar-refractivity contribution in [2.45, 2.75) is 33.6 Å². The molecule has 0 bridgehead atoms. The van der Waals surface area contributed by atoms with Gasteiger partial charge >= 0.3 is 0 Å². The van der Waals surface area contributed by atoms with Gasteiger partial charge in [0.1, 0.15) is 5.75 Å². The van der Waals surface area contributed by atoms with E-state index < -0.39 is 0 Å². The maximum atomic E-state index is 5.97. The summed E-state index contributed by atoms with van der Waals surface area (Å²) in [7, 11) is 0. The normalized spacial score (nSPS) is 15.3. The first-order valence-electron chi connectivity index (χ1n) is 6.51. The van der Waals surface area contributed by atoms with Gasteiger partial charge in [0.25, 0.3) is 0 Å². The van der Waals surface area contributed by atoms with Crippen LogP contribution in [0.1, 0.15) is 29.5 Å². The Kier molecular flexibility index (Phi) is 10.6. The number of hydrogen-bond acceptors (Lipinski definition) is 1. The standard InChI is InChI=1S/C15H22NO.2Y/c1-11-4-5-15(13(3)12(11)2)17-10-14-6-8-16-9-7-14;;/h4-5,14H,6-10H2,1-3H3;;/q-1;;. The first kappa shape index (κ1) is 20.2. The van der Waals surface area contributed by atoms with E-state index in [-0.39, 0.29) is 65.4 Å². The molecule has 1 saturated heterocycles. The monoisotopic (exact) mass is 410 g/mol. The zero-order valence-electron chi connectivity index (χ0n) is 12.3. The molecule has 1 aromatic carbocycles. The van der Waals surface area contributed by atoms with Gasteiger partial charge in [0, 0.05) is 65.4 Å². The summed E-state index contributed by atoms with van der Waals surface area (Å²) < 4.78 is 5.97. The van der Waals surface area contributed by atoms with Crippen molar-refractivity contribution in [3.05, 3.63) is 34.1 Å². The zero-order chi connectivity index (χ0) is 12.3. The van der Waals surface area contributed by atoms with Gasteiger partial charge in [-0.1, -0.05) is 18.9 Å². The number of hydrogen-bond donors (Lipinski definition) is 0. The second-order valence-corrected chi connectivity index (χ2v) is 5.06. The van der Waals surface area contributed by atoms with Crippen LogP contribution in [0, 0.1) is 26.7 Å². The van der Waals surface area contributed by atoms with Crippen molar-refractivity contribution in [3.8, 4) is 5.75 Å². The summed E-state index contributed by atoms with van der Waals surface area (Å²) in [5.41, 5.74) is 3.97. The molecule has 0 amide bonds. The van der Waals surface area contributed by atoms with Gasteiger partial charge in [-0.15, -0.1) is 13.1 Å². The minimum atomic E-state index is 0. The van der Waals surface area contributed by atoms with Crippen LogP contribution in [-0.2, 0) is 65.4 Å². The van der Waals surface area contributed by atoms with Gasteiger partial charge in [-0.05, 0) is 49.4 Å². The third-order valence-electron chi connectivity index (χ3n) is 3.87. The Hall–Kier alpha value is 1.19. The van der Waals surface area contributed by atoms with Crippen molar-refractivity contribution in [2.75, 3.05) is 19.7 Å². The van der Waals surface area contributed by atoms with Crippen LogP contribution in [0.15, 0.2) is 12.1 Å². The third-order valence-corrected chi connectivity index (χ3v) is 3.87. The number of rotatable bonds is 3. The van der Waals surface area contributed by atoms with Gasteiger partial charge in [0.2, 0.25) is 0 Å². The van der Waals surface area contributed by atoms with Crippen molar-refractivity contribution in [2.24, 2.45) is 5.92 Å². The van der Waals surface area contributed by atoms with E-state index in [0.717, 1.165) is 25.4 Å². The van der Waals surface area contributed by atoms with Crippen LogP contribution in [0.4, 0.5) is 0 Å². The number of aryl methyl sites for hydroxylation is 1. The number of ether oxygens (including phenoxy) is 1. The molecule has 0 aliphatic carbocycles. The molecule has 2 nitrogen and oxygen atoms in total. The second kappa shape index (κ2) is 10.0. The summed E-state index contributed by atoms with van der Waals surface area (Å²) in [5.74, 6) is 1.74. The van der Waals surface area contributed by atoms with Gasteiger partial charge in [0.15, 0.2) is 0 Å². The number of benzene rings is 1. The largest absolute Gasteiger partial charge is 0.662 e. The van der Waals surface area contributed by atoms with Crippen LogP contribution in [0.3, 0.4) is 0 Å². The van der Waals surface area contributed by atoms with Crippen molar-refractivity contribution in [1.82, 2.24) is 0 Å². The molecule has 0 saturated carbocycles. The molecule has 0 N–H and O–H groups in total. The van der Waals surface area contributed by atoms with Gasteiger partial charge in [0.05, 0.1) is 6.61 Å². The first-order chi connectivity index (χ1) is 8.18. The minimum Gasteiger partial charge on any atom is -0.662 e. The van der Waals surface area contributed by atoms with Crippen LogP contribution in [0.2, 0.25) is 0 Å². The van der Waals surface area contributed by atoms with E-state index in [4.69, 9.17) is 4.74 Å². The Morgan fingerprint density at radius 2 is 1.68 bits per heavy atom. The minimum absolute atomic E-state index is 0. The predicted molar refractivity (Wildman–Crippen MR) is 72.0 cm³/mol. The molecular weight excluding hydrogens is 388 g/mol. The van der Waals surface area contributed by atoms with Crippen molar-refractivity contribution < 1.29 is 70.2 Å². The molecule has 100 valence electrons. The Bertz CT molecular complexity index is 390. The molecule has 0 unspecified atom stereocenters. The quantitative estimate of drug-likeness (QED) is 0.745. The zero-order valence-corrected chi connectivity index (χ0v) is 18.0. The average molecular weight is 410 g/mol.